The molecule has 0 saturated heterocycles. The van der Waals surface area contributed by atoms with Crippen molar-refractivity contribution in [2.75, 3.05) is 0 Å². The van der Waals surface area contributed by atoms with Crippen molar-refractivity contribution in [3.8, 4) is 11.5 Å². The molecule has 0 aliphatic heterocycles. The molecule has 0 saturated carbocycles. The Kier molecular flexibility index (Phi) is 2.63. The lowest BCUT2D eigenvalue weighted by Gasteiger charge is -1.99. The zero-order valence-corrected chi connectivity index (χ0v) is 12.3. The average Bonchev–Trinajstić information content (AvgIpc) is 2.89. The van der Waals surface area contributed by atoms with Gasteiger partial charge in [-0.05, 0) is 49.2 Å². The number of imidazole rings is 1. The molecular weight excluding hydrogens is 276 g/mol. The highest BCUT2D eigenvalue weighted by Gasteiger charge is 2.12. The van der Waals surface area contributed by atoms with E-state index < -0.39 is 0 Å². The fourth-order valence-electron chi connectivity index (χ4n) is 2.57. The predicted molar refractivity (Wildman–Crippen MR) is 86.9 cm³/mol. The molecule has 0 unspecified atom stereocenters. The molecule has 0 spiro atoms. The molecule has 4 rings (SSSR count). The zero-order valence-electron chi connectivity index (χ0n) is 12.3. The van der Waals surface area contributed by atoms with Crippen molar-refractivity contribution in [2.45, 2.75) is 13.8 Å². The van der Waals surface area contributed by atoms with E-state index in [4.69, 9.17) is 0 Å². The number of rotatable bonds is 1. The van der Waals surface area contributed by atoms with Crippen LogP contribution in [0.4, 0.5) is 0 Å². The number of aryl methyl sites for hydroxylation is 2. The molecule has 5 heteroatoms. The zero-order chi connectivity index (χ0) is 15.3. The molecule has 0 aliphatic carbocycles. The van der Waals surface area contributed by atoms with Gasteiger partial charge in [0.05, 0.1) is 22.1 Å². The van der Waals surface area contributed by atoms with Crippen LogP contribution in [-0.2, 0) is 0 Å². The van der Waals surface area contributed by atoms with E-state index in [1.54, 1.807) is 0 Å². The average molecular weight is 290 g/mol. The van der Waals surface area contributed by atoms with Crippen molar-refractivity contribution in [3.63, 3.8) is 0 Å². The van der Waals surface area contributed by atoms with Gasteiger partial charge in [-0.3, -0.25) is 4.79 Å². The number of hydrogen-bond donors (Lipinski definition) is 2. The molecule has 5 nitrogen and oxygen atoms in total. The molecule has 2 heterocycles. The fraction of sp³-hybridized carbons (Fsp3) is 0.118. The lowest BCUT2D eigenvalue weighted by Crippen LogP contribution is -2.12. The predicted octanol–water partition coefficient (Wildman–Crippen LogP) is 3.08. The van der Waals surface area contributed by atoms with E-state index >= 15 is 0 Å². The maximum absolute atomic E-state index is 12.3. The van der Waals surface area contributed by atoms with Crippen LogP contribution in [0.5, 0.6) is 0 Å². The Morgan fingerprint density at radius 2 is 1.64 bits per heavy atom. The largest absolute Gasteiger partial charge is 0.336 e. The number of hydrogen-bond acceptors (Lipinski definition) is 3. The molecule has 2 N–H and O–H groups in total. The summed E-state index contributed by atoms with van der Waals surface area (Å²) in [5.41, 5.74) is 5.63. The summed E-state index contributed by atoms with van der Waals surface area (Å²) in [6.45, 7) is 4.10. The minimum Gasteiger partial charge on any atom is -0.336 e. The third-order valence-corrected chi connectivity index (χ3v) is 3.92. The molecule has 22 heavy (non-hydrogen) atoms. The summed E-state index contributed by atoms with van der Waals surface area (Å²) in [4.78, 5) is 27.3. The first-order valence-electron chi connectivity index (χ1n) is 7.08. The Bertz CT molecular complexity index is 1040. The van der Waals surface area contributed by atoms with Gasteiger partial charge in [-0.1, -0.05) is 12.1 Å². The van der Waals surface area contributed by atoms with E-state index in [0.29, 0.717) is 11.5 Å². The van der Waals surface area contributed by atoms with Gasteiger partial charge in [-0.25, -0.2) is 9.97 Å². The van der Waals surface area contributed by atoms with E-state index in [0.717, 1.165) is 22.1 Å². The van der Waals surface area contributed by atoms with Gasteiger partial charge in [0.1, 0.15) is 0 Å². The maximum Gasteiger partial charge on any atom is 0.278 e. The second-order valence-electron chi connectivity index (χ2n) is 5.47. The number of benzene rings is 2. The van der Waals surface area contributed by atoms with Gasteiger partial charge in [-0.15, -0.1) is 0 Å². The Hall–Kier alpha value is -2.95. The van der Waals surface area contributed by atoms with Gasteiger partial charge in [0.15, 0.2) is 11.5 Å². The van der Waals surface area contributed by atoms with Crippen LogP contribution in [0.15, 0.2) is 41.2 Å². The summed E-state index contributed by atoms with van der Waals surface area (Å²) in [6, 6.07) is 11.5. The van der Waals surface area contributed by atoms with E-state index in [2.05, 4.69) is 26.9 Å². The minimum absolute atomic E-state index is 0.244. The Labute approximate surface area is 126 Å². The van der Waals surface area contributed by atoms with Crippen LogP contribution < -0.4 is 5.56 Å². The highest BCUT2D eigenvalue weighted by Crippen LogP contribution is 2.21. The first kappa shape index (κ1) is 12.8. The van der Waals surface area contributed by atoms with Gasteiger partial charge in [0.2, 0.25) is 0 Å². The Balaban J connectivity index is 1.98. The van der Waals surface area contributed by atoms with Crippen LogP contribution in [0, 0.1) is 13.8 Å². The number of H-pyrrole nitrogens is 2. The number of para-hydroxylation sites is 2. The van der Waals surface area contributed by atoms with E-state index in [1.165, 1.54) is 11.1 Å². The third-order valence-electron chi connectivity index (χ3n) is 3.92. The summed E-state index contributed by atoms with van der Waals surface area (Å²) < 4.78 is 0. The molecule has 4 aromatic rings. The highest BCUT2D eigenvalue weighted by atomic mass is 16.1. The molecule has 2 aromatic heterocycles. The summed E-state index contributed by atoms with van der Waals surface area (Å²) in [7, 11) is 0. The normalized spacial score (nSPS) is 11.4. The number of fused-ring (bicyclic) bond motifs is 2. The van der Waals surface area contributed by atoms with Crippen molar-refractivity contribution in [3.05, 3.63) is 57.9 Å². The summed E-state index contributed by atoms with van der Waals surface area (Å²) in [5.74, 6) is 0.493. The molecule has 2 aromatic carbocycles. The highest BCUT2D eigenvalue weighted by molar-refractivity contribution is 5.81. The van der Waals surface area contributed by atoms with Gasteiger partial charge >= 0.3 is 0 Å². The van der Waals surface area contributed by atoms with Crippen LogP contribution >= 0.6 is 0 Å². The number of nitrogens with zero attached hydrogens (tertiary/aromatic N) is 2. The standard InChI is InChI=1S/C17H14N4O/c1-9-7-13-14(8-10(9)2)20-16(19-13)15-17(22)21-12-6-4-3-5-11(12)18-15/h3-8H,1-2H3,(H,19,20)(H,21,22). The van der Waals surface area contributed by atoms with E-state index in [9.17, 15) is 4.79 Å². The van der Waals surface area contributed by atoms with Crippen molar-refractivity contribution in [1.82, 2.24) is 19.9 Å². The van der Waals surface area contributed by atoms with Crippen LogP contribution in [0.3, 0.4) is 0 Å². The fourth-order valence-corrected chi connectivity index (χ4v) is 2.57. The van der Waals surface area contributed by atoms with E-state index in [1.807, 2.05) is 43.3 Å². The molecule has 0 amide bonds. The number of aromatic nitrogens is 4. The second kappa shape index (κ2) is 4.53. The smallest absolute Gasteiger partial charge is 0.278 e. The Morgan fingerprint density at radius 3 is 2.50 bits per heavy atom. The van der Waals surface area contributed by atoms with Gasteiger partial charge in [0, 0.05) is 0 Å². The van der Waals surface area contributed by atoms with Gasteiger partial charge in [0.25, 0.3) is 5.56 Å². The molecule has 108 valence electrons. The lowest BCUT2D eigenvalue weighted by atomic mass is 10.1. The topological polar surface area (TPSA) is 74.4 Å². The van der Waals surface area contributed by atoms with Crippen LogP contribution in [0.2, 0.25) is 0 Å². The molecule has 0 radical (unpaired) electrons. The summed E-state index contributed by atoms with van der Waals surface area (Å²) in [6.07, 6.45) is 0. The summed E-state index contributed by atoms with van der Waals surface area (Å²) in [5, 5.41) is 0. The monoisotopic (exact) mass is 290 g/mol. The summed E-state index contributed by atoms with van der Waals surface area (Å²) >= 11 is 0. The lowest BCUT2D eigenvalue weighted by molar-refractivity contribution is 1.17. The van der Waals surface area contributed by atoms with E-state index in [-0.39, 0.29) is 5.56 Å². The molecule has 0 bridgehead atoms. The minimum atomic E-state index is -0.244. The van der Waals surface area contributed by atoms with Crippen molar-refractivity contribution >= 4 is 22.1 Å². The quantitative estimate of drug-likeness (QED) is 0.565. The van der Waals surface area contributed by atoms with Crippen LogP contribution in [0.25, 0.3) is 33.6 Å². The van der Waals surface area contributed by atoms with Crippen molar-refractivity contribution < 1.29 is 0 Å². The van der Waals surface area contributed by atoms with Crippen molar-refractivity contribution in [2.24, 2.45) is 0 Å². The SMILES string of the molecule is Cc1cc2nc(-c3nc4ccccc4[nH]c3=O)[nH]c2cc1C. The number of nitrogens with one attached hydrogen (secondary N) is 2. The maximum atomic E-state index is 12.3. The van der Waals surface area contributed by atoms with Crippen LogP contribution in [0.1, 0.15) is 11.1 Å². The molecule has 0 fully saturated rings. The second-order valence-corrected chi connectivity index (χ2v) is 5.47. The Morgan fingerprint density at radius 1 is 0.864 bits per heavy atom. The molecular formula is C17H14N4O. The third kappa shape index (κ3) is 1.90. The van der Waals surface area contributed by atoms with Gasteiger partial charge < -0.3 is 9.97 Å². The first-order chi connectivity index (χ1) is 10.6. The molecule has 0 atom stereocenters. The van der Waals surface area contributed by atoms with Crippen LogP contribution in [-0.4, -0.2) is 19.9 Å². The first-order valence-corrected chi connectivity index (χ1v) is 7.08. The van der Waals surface area contributed by atoms with Gasteiger partial charge in [-0.2, -0.15) is 0 Å². The van der Waals surface area contributed by atoms with Crippen molar-refractivity contribution in [1.29, 1.82) is 0 Å². The molecule has 0 aliphatic rings. The number of aromatic amines is 2.